The van der Waals surface area contributed by atoms with Gasteiger partial charge in [0, 0.05) is 41.7 Å². The summed E-state index contributed by atoms with van der Waals surface area (Å²) >= 11 is 9.87. The van der Waals surface area contributed by atoms with Gasteiger partial charge in [0.05, 0.1) is 0 Å². The maximum Gasteiger partial charge on any atom is 0.0410 e. The molecule has 0 unspecified atom stereocenters. The Hall–Kier alpha value is 0.490. The van der Waals surface area contributed by atoms with Crippen molar-refractivity contribution in [3.8, 4) is 0 Å². The smallest absolute Gasteiger partial charge is 0.0410 e. The summed E-state index contributed by atoms with van der Waals surface area (Å²) in [7, 11) is 0. The van der Waals surface area contributed by atoms with Gasteiger partial charge in [-0.15, -0.1) is 24.8 Å². The van der Waals surface area contributed by atoms with Crippen LogP contribution in [-0.4, -0.2) is 31.1 Å². The van der Waals surface area contributed by atoms with Crippen LogP contribution in [0.15, 0.2) is 22.7 Å². The van der Waals surface area contributed by atoms with Crippen LogP contribution in [0.5, 0.6) is 0 Å². The predicted molar refractivity (Wildman–Crippen MR) is 100 cm³/mol. The van der Waals surface area contributed by atoms with Gasteiger partial charge in [0.15, 0.2) is 0 Å². The van der Waals surface area contributed by atoms with Gasteiger partial charge in [-0.1, -0.05) is 41.4 Å². The molecule has 0 bridgehead atoms. The first-order valence-corrected chi connectivity index (χ1v) is 8.14. The second-order valence-corrected chi connectivity index (χ2v) is 6.89. The first-order valence-electron chi connectivity index (χ1n) is 6.97. The molecule has 2 nitrogen and oxygen atoms in total. The largest absolute Gasteiger partial charge is 0.314 e. The molecule has 1 atom stereocenters. The maximum atomic E-state index is 6.18. The molecule has 1 aromatic carbocycles. The quantitative estimate of drug-likeness (QED) is 0.745. The Morgan fingerprint density at radius 3 is 2.43 bits per heavy atom. The van der Waals surface area contributed by atoms with Crippen molar-refractivity contribution in [1.82, 2.24) is 10.2 Å². The molecule has 1 heterocycles. The molecule has 6 heteroatoms. The fraction of sp³-hybridized carbons (Fsp3) is 0.600. The monoisotopic (exact) mass is 416 g/mol. The lowest BCUT2D eigenvalue weighted by atomic mass is 9.95. The van der Waals surface area contributed by atoms with Crippen molar-refractivity contribution in [1.29, 1.82) is 0 Å². The molecule has 0 aromatic heterocycles. The fourth-order valence-corrected chi connectivity index (χ4v) is 3.37. The Bertz CT molecular complexity index is 423. The highest BCUT2D eigenvalue weighted by Crippen LogP contribution is 2.34. The van der Waals surface area contributed by atoms with Crippen LogP contribution < -0.4 is 5.32 Å². The number of benzene rings is 1. The van der Waals surface area contributed by atoms with Gasteiger partial charge in [-0.05, 0) is 36.1 Å². The van der Waals surface area contributed by atoms with Crippen LogP contribution in [0.4, 0.5) is 0 Å². The third-order valence-electron chi connectivity index (χ3n) is 3.60. The van der Waals surface area contributed by atoms with Crippen molar-refractivity contribution < 1.29 is 0 Å². The van der Waals surface area contributed by atoms with E-state index in [1.54, 1.807) is 0 Å². The molecule has 1 aromatic rings. The van der Waals surface area contributed by atoms with E-state index in [4.69, 9.17) is 11.6 Å². The minimum atomic E-state index is 0. The Kier molecular flexibility index (Phi) is 10.5. The number of piperazine rings is 1. The molecule has 0 saturated carbocycles. The van der Waals surface area contributed by atoms with Gasteiger partial charge < -0.3 is 5.32 Å². The number of halogens is 4. The van der Waals surface area contributed by atoms with Crippen LogP contribution >= 0.6 is 52.3 Å². The maximum absolute atomic E-state index is 6.18. The minimum Gasteiger partial charge on any atom is -0.314 e. The molecule has 1 fully saturated rings. The summed E-state index contributed by atoms with van der Waals surface area (Å²) in [6.45, 7) is 8.94. The third-order valence-corrected chi connectivity index (χ3v) is 4.56. The lowest BCUT2D eigenvalue weighted by Crippen LogP contribution is -2.45. The van der Waals surface area contributed by atoms with E-state index in [-0.39, 0.29) is 24.8 Å². The van der Waals surface area contributed by atoms with Gasteiger partial charge in [0.2, 0.25) is 0 Å². The summed E-state index contributed by atoms with van der Waals surface area (Å²) in [5.74, 6) is 0.672. The molecule has 1 saturated heterocycles. The van der Waals surface area contributed by atoms with Crippen LogP contribution in [0.1, 0.15) is 31.9 Å². The highest BCUT2D eigenvalue weighted by atomic mass is 79.9. The molecular weight excluding hydrogens is 394 g/mol. The molecule has 2 rings (SSSR count). The van der Waals surface area contributed by atoms with E-state index in [9.17, 15) is 0 Å². The number of nitrogens with one attached hydrogen (secondary N) is 1. The lowest BCUT2D eigenvalue weighted by molar-refractivity contribution is 0.153. The fourth-order valence-electron chi connectivity index (χ4n) is 2.68. The highest BCUT2D eigenvalue weighted by Gasteiger charge is 2.24. The van der Waals surface area contributed by atoms with Gasteiger partial charge in [0.25, 0.3) is 0 Å². The van der Waals surface area contributed by atoms with Crippen molar-refractivity contribution in [3.63, 3.8) is 0 Å². The van der Waals surface area contributed by atoms with Gasteiger partial charge in [0.1, 0.15) is 0 Å². The average Bonchev–Trinajstić information content (AvgIpc) is 2.40. The van der Waals surface area contributed by atoms with Gasteiger partial charge in [-0.2, -0.15) is 0 Å². The Morgan fingerprint density at radius 2 is 1.86 bits per heavy atom. The van der Waals surface area contributed by atoms with E-state index in [2.05, 4.69) is 52.1 Å². The molecule has 122 valence electrons. The SMILES string of the molecule is CC(C)C[C@@H](c1cc(Cl)ccc1Br)N1CCNCC1.Cl.Cl. The van der Waals surface area contributed by atoms with Crippen molar-refractivity contribution in [2.75, 3.05) is 26.2 Å². The number of hydrogen-bond donors (Lipinski definition) is 1. The second kappa shape index (κ2) is 10.3. The van der Waals surface area contributed by atoms with E-state index < -0.39 is 0 Å². The van der Waals surface area contributed by atoms with Gasteiger partial charge in [-0.25, -0.2) is 0 Å². The van der Waals surface area contributed by atoms with Crippen molar-refractivity contribution >= 4 is 52.3 Å². The van der Waals surface area contributed by atoms with E-state index >= 15 is 0 Å². The zero-order valence-electron chi connectivity index (χ0n) is 12.4. The minimum absolute atomic E-state index is 0. The van der Waals surface area contributed by atoms with Crippen LogP contribution in [0.2, 0.25) is 5.02 Å². The molecule has 0 spiro atoms. The average molecular weight is 419 g/mol. The summed E-state index contributed by atoms with van der Waals surface area (Å²) in [5.41, 5.74) is 1.32. The Balaban J connectivity index is 0.00000200. The summed E-state index contributed by atoms with van der Waals surface area (Å²) < 4.78 is 1.17. The molecule has 21 heavy (non-hydrogen) atoms. The summed E-state index contributed by atoms with van der Waals surface area (Å²) in [6, 6.07) is 6.57. The summed E-state index contributed by atoms with van der Waals surface area (Å²) in [4.78, 5) is 2.58. The van der Waals surface area contributed by atoms with Crippen LogP contribution in [0.3, 0.4) is 0 Å². The van der Waals surface area contributed by atoms with E-state index in [0.29, 0.717) is 12.0 Å². The lowest BCUT2D eigenvalue weighted by Gasteiger charge is -2.36. The Morgan fingerprint density at radius 1 is 1.24 bits per heavy atom. The zero-order valence-corrected chi connectivity index (χ0v) is 16.4. The van der Waals surface area contributed by atoms with Crippen LogP contribution in [-0.2, 0) is 0 Å². The summed E-state index contributed by atoms with van der Waals surface area (Å²) in [5, 5.41) is 4.24. The molecule has 1 aliphatic heterocycles. The zero-order chi connectivity index (χ0) is 13.8. The van der Waals surface area contributed by atoms with Gasteiger partial charge in [-0.3, -0.25) is 4.90 Å². The highest BCUT2D eigenvalue weighted by molar-refractivity contribution is 9.10. The third kappa shape index (κ3) is 6.25. The van der Waals surface area contributed by atoms with E-state index in [1.807, 2.05) is 6.07 Å². The van der Waals surface area contributed by atoms with E-state index in [1.165, 1.54) is 16.5 Å². The molecule has 0 amide bonds. The molecular formula is C15H24BrCl3N2. The first-order chi connectivity index (χ1) is 9.08. The molecule has 1 N–H and O–H groups in total. The van der Waals surface area contributed by atoms with Gasteiger partial charge >= 0.3 is 0 Å². The predicted octanol–water partition coefficient (Wildman–Crippen LogP) is 4.94. The normalized spacial score (nSPS) is 17.0. The number of nitrogens with zero attached hydrogens (tertiary/aromatic N) is 1. The number of hydrogen-bond acceptors (Lipinski definition) is 2. The van der Waals surface area contributed by atoms with Crippen molar-refractivity contribution in [3.05, 3.63) is 33.3 Å². The van der Waals surface area contributed by atoms with Crippen LogP contribution in [0, 0.1) is 5.92 Å². The second-order valence-electron chi connectivity index (χ2n) is 5.60. The summed E-state index contributed by atoms with van der Waals surface area (Å²) in [6.07, 6.45) is 1.17. The first kappa shape index (κ1) is 21.5. The van der Waals surface area contributed by atoms with Crippen molar-refractivity contribution in [2.24, 2.45) is 5.92 Å². The Labute approximate surface area is 153 Å². The molecule has 0 aliphatic carbocycles. The standard InChI is InChI=1S/C15H22BrClN2.2ClH/c1-11(2)9-15(19-7-5-18-6-8-19)13-10-12(17)3-4-14(13)16;;/h3-4,10-11,15,18H,5-9H2,1-2H3;2*1H/t15-;;/m0../s1. The molecule has 1 aliphatic rings. The molecule has 0 radical (unpaired) electrons. The topological polar surface area (TPSA) is 15.3 Å². The van der Waals surface area contributed by atoms with Crippen LogP contribution in [0.25, 0.3) is 0 Å². The van der Waals surface area contributed by atoms with E-state index in [0.717, 1.165) is 31.2 Å². The number of rotatable bonds is 4. The van der Waals surface area contributed by atoms with Crippen molar-refractivity contribution in [2.45, 2.75) is 26.3 Å².